The van der Waals surface area contributed by atoms with Crippen LogP contribution in [0.1, 0.15) is 73.6 Å². The monoisotopic (exact) mass is 444 g/mol. The lowest BCUT2D eigenvalue weighted by molar-refractivity contribution is 0.245. The molecule has 3 aromatic rings. The van der Waals surface area contributed by atoms with Gasteiger partial charge in [-0.25, -0.2) is 8.78 Å². The van der Waals surface area contributed by atoms with Gasteiger partial charge < -0.3 is 0 Å². The Morgan fingerprint density at radius 2 is 1.52 bits per heavy atom. The molecule has 33 heavy (non-hydrogen) atoms. The third-order valence-electron chi connectivity index (χ3n) is 7.25. The number of hydrogen-bond acceptors (Lipinski definition) is 0. The van der Waals surface area contributed by atoms with Crippen molar-refractivity contribution < 1.29 is 8.78 Å². The van der Waals surface area contributed by atoms with Gasteiger partial charge >= 0.3 is 0 Å². The highest BCUT2D eigenvalue weighted by molar-refractivity contribution is 5.69. The van der Waals surface area contributed by atoms with Crippen LogP contribution in [-0.4, -0.2) is 0 Å². The van der Waals surface area contributed by atoms with Crippen LogP contribution in [0.25, 0.3) is 12.2 Å². The molecule has 0 spiro atoms. The molecule has 1 aliphatic rings. The van der Waals surface area contributed by atoms with E-state index in [1.54, 1.807) is 24.3 Å². The van der Waals surface area contributed by atoms with Gasteiger partial charge in [0, 0.05) is 5.56 Å². The van der Waals surface area contributed by atoms with Gasteiger partial charge in [0.2, 0.25) is 0 Å². The van der Waals surface area contributed by atoms with E-state index in [0.29, 0.717) is 11.5 Å². The van der Waals surface area contributed by atoms with E-state index in [-0.39, 0.29) is 11.6 Å². The fourth-order valence-corrected chi connectivity index (χ4v) is 5.17. The Morgan fingerprint density at radius 3 is 2.21 bits per heavy atom. The van der Waals surface area contributed by atoms with E-state index in [1.807, 2.05) is 18.2 Å². The number of aryl methyl sites for hydroxylation is 1. The molecule has 0 unspecified atom stereocenters. The van der Waals surface area contributed by atoms with Crippen molar-refractivity contribution >= 4 is 12.2 Å². The zero-order valence-electron chi connectivity index (χ0n) is 19.5. The average Bonchev–Trinajstić information content (AvgIpc) is 2.84. The summed E-state index contributed by atoms with van der Waals surface area (Å²) in [4.78, 5) is 0. The van der Waals surface area contributed by atoms with E-state index in [0.717, 1.165) is 35.8 Å². The summed E-state index contributed by atoms with van der Waals surface area (Å²) < 4.78 is 27.6. The maximum Gasteiger partial charge on any atom is 0.130 e. The van der Waals surface area contributed by atoms with Gasteiger partial charge in [-0.05, 0) is 71.9 Å². The lowest BCUT2D eigenvalue weighted by Crippen LogP contribution is -2.17. The second-order valence-electron chi connectivity index (χ2n) is 9.71. The van der Waals surface area contributed by atoms with E-state index in [9.17, 15) is 8.78 Å². The second-order valence-corrected chi connectivity index (χ2v) is 9.71. The molecule has 0 saturated heterocycles. The standard InChI is InChI=1S/C31H34F2/c1-23(28-5-3-2-4-6-28)21-26-10-7-24(8-11-26)9-12-27-14-18-29(31(33)22-27)17-13-25-15-19-30(32)20-16-25/h2-6,13-20,22-24,26H,7-12,21H2,1H3/t23-,24?,26?/m0/s1. The Kier molecular flexibility index (Phi) is 8.10. The van der Waals surface area contributed by atoms with Crippen LogP contribution in [-0.2, 0) is 6.42 Å². The third kappa shape index (κ3) is 6.87. The van der Waals surface area contributed by atoms with Crippen LogP contribution in [0.4, 0.5) is 8.78 Å². The van der Waals surface area contributed by atoms with E-state index in [4.69, 9.17) is 0 Å². The first-order chi connectivity index (χ1) is 16.1. The molecule has 0 radical (unpaired) electrons. The van der Waals surface area contributed by atoms with Crippen LogP contribution < -0.4 is 0 Å². The largest absolute Gasteiger partial charge is 0.207 e. The first-order valence-electron chi connectivity index (χ1n) is 12.3. The van der Waals surface area contributed by atoms with Crippen molar-refractivity contribution in [1.82, 2.24) is 0 Å². The zero-order valence-corrected chi connectivity index (χ0v) is 19.5. The number of benzene rings is 3. The van der Waals surface area contributed by atoms with E-state index in [1.165, 1.54) is 49.8 Å². The average molecular weight is 445 g/mol. The van der Waals surface area contributed by atoms with Gasteiger partial charge in [0.1, 0.15) is 11.6 Å². The summed E-state index contributed by atoms with van der Waals surface area (Å²) in [5.41, 5.74) is 3.95. The fourth-order valence-electron chi connectivity index (χ4n) is 5.17. The van der Waals surface area contributed by atoms with Gasteiger partial charge in [-0.3, -0.25) is 0 Å². The highest BCUT2D eigenvalue weighted by atomic mass is 19.1. The van der Waals surface area contributed by atoms with Crippen LogP contribution >= 0.6 is 0 Å². The van der Waals surface area contributed by atoms with Crippen molar-refractivity contribution in [3.8, 4) is 0 Å². The van der Waals surface area contributed by atoms with Gasteiger partial charge in [0.15, 0.2) is 0 Å². The summed E-state index contributed by atoms with van der Waals surface area (Å²) in [6, 6.07) is 22.6. The molecule has 0 nitrogen and oxygen atoms in total. The molecule has 1 aliphatic carbocycles. The molecule has 2 heteroatoms. The van der Waals surface area contributed by atoms with E-state index in [2.05, 4.69) is 37.3 Å². The van der Waals surface area contributed by atoms with Crippen molar-refractivity contribution in [3.63, 3.8) is 0 Å². The Morgan fingerprint density at radius 1 is 0.818 bits per heavy atom. The van der Waals surface area contributed by atoms with Crippen LogP contribution in [0.15, 0.2) is 72.8 Å². The lowest BCUT2D eigenvalue weighted by Gasteiger charge is -2.30. The van der Waals surface area contributed by atoms with Crippen molar-refractivity contribution in [1.29, 1.82) is 0 Å². The summed E-state index contributed by atoms with van der Waals surface area (Å²) in [5, 5.41) is 0. The Labute approximate surface area is 197 Å². The molecule has 0 heterocycles. The summed E-state index contributed by atoms with van der Waals surface area (Å²) in [7, 11) is 0. The Bertz CT molecular complexity index is 1030. The predicted octanol–water partition coefficient (Wildman–Crippen LogP) is 9.07. The maximum absolute atomic E-state index is 14.6. The molecular formula is C31H34F2. The molecule has 0 N–H and O–H groups in total. The molecule has 0 bridgehead atoms. The number of rotatable bonds is 8. The highest BCUT2D eigenvalue weighted by Crippen LogP contribution is 2.37. The molecule has 3 aromatic carbocycles. The van der Waals surface area contributed by atoms with E-state index >= 15 is 0 Å². The van der Waals surface area contributed by atoms with Crippen LogP contribution in [0.5, 0.6) is 0 Å². The lowest BCUT2D eigenvalue weighted by atomic mass is 9.75. The van der Waals surface area contributed by atoms with Crippen molar-refractivity contribution in [2.75, 3.05) is 0 Å². The number of halogens is 2. The topological polar surface area (TPSA) is 0 Å². The maximum atomic E-state index is 14.6. The molecule has 4 rings (SSSR count). The third-order valence-corrected chi connectivity index (χ3v) is 7.25. The molecule has 1 atom stereocenters. The molecule has 0 amide bonds. The van der Waals surface area contributed by atoms with Crippen molar-refractivity contribution in [2.45, 2.75) is 57.8 Å². The van der Waals surface area contributed by atoms with Crippen molar-refractivity contribution in [3.05, 3.63) is 107 Å². The Hall–Kier alpha value is -2.74. The summed E-state index contributed by atoms with van der Waals surface area (Å²) in [5.74, 6) is 1.77. The summed E-state index contributed by atoms with van der Waals surface area (Å²) >= 11 is 0. The second kappa shape index (κ2) is 11.4. The minimum Gasteiger partial charge on any atom is -0.207 e. The molecular weight excluding hydrogens is 410 g/mol. The molecule has 1 fully saturated rings. The van der Waals surface area contributed by atoms with Crippen LogP contribution in [0.2, 0.25) is 0 Å². The van der Waals surface area contributed by atoms with Gasteiger partial charge in [0.25, 0.3) is 0 Å². The van der Waals surface area contributed by atoms with Crippen LogP contribution in [0.3, 0.4) is 0 Å². The summed E-state index contributed by atoms with van der Waals surface area (Å²) in [6.07, 6.45) is 12.2. The van der Waals surface area contributed by atoms with Gasteiger partial charge in [0.05, 0.1) is 0 Å². The van der Waals surface area contributed by atoms with Crippen molar-refractivity contribution in [2.24, 2.45) is 11.8 Å². The predicted molar refractivity (Wildman–Crippen MR) is 135 cm³/mol. The molecule has 0 aliphatic heterocycles. The first kappa shape index (κ1) is 23.4. The minimum atomic E-state index is -0.266. The highest BCUT2D eigenvalue weighted by Gasteiger charge is 2.23. The number of hydrogen-bond donors (Lipinski definition) is 0. The minimum absolute atomic E-state index is 0.190. The quantitative estimate of drug-likeness (QED) is 0.304. The SMILES string of the molecule is C[C@@H](CC1CCC(CCc2ccc(C=Cc3ccc(F)cc3)c(F)c2)CC1)c1ccccc1. The Balaban J connectivity index is 1.23. The van der Waals surface area contributed by atoms with Crippen LogP contribution in [0, 0.1) is 23.5 Å². The molecule has 1 saturated carbocycles. The molecule has 0 aromatic heterocycles. The smallest absolute Gasteiger partial charge is 0.130 e. The van der Waals surface area contributed by atoms with E-state index < -0.39 is 0 Å². The molecule has 172 valence electrons. The normalized spacial score (nSPS) is 19.6. The van der Waals surface area contributed by atoms with Gasteiger partial charge in [-0.2, -0.15) is 0 Å². The zero-order chi connectivity index (χ0) is 23.0. The first-order valence-corrected chi connectivity index (χ1v) is 12.3. The summed E-state index contributed by atoms with van der Waals surface area (Å²) in [6.45, 7) is 2.36. The fraction of sp³-hybridized carbons (Fsp3) is 0.355. The van der Waals surface area contributed by atoms with Gasteiger partial charge in [-0.15, -0.1) is 0 Å². The van der Waals surface area contributed by atoms with Gasteiger partial charge in [-0.1, -0.05) is 99.4 Å².